The first kappa shape index (κ1) is 15.2. The fourth-order valence-electron chi connectivity index (χ4n) is 2.39. The summed E-state index contributed by atoms with van der Waals surface area (Å²) in [5.74, 6) is -1.28. The number of rotatable bonds is 3. The summed E-state index contributed by atoms with van der Waals surface area (Å²) in [6.45, 7) is 2.75. The van der Waals surface area contributed by atoms with Gasteiger partial charge in [-0.05, 0) is 19.4 Å². The van der Waals surface area contributed by atoms with Crippen LogP contribution in [0.25, 0.3) is 0 Å². The summed E-state index contributed by atoms with van der Waals surface area (Å²) in [6.07, 6.45) is 0. The van der Waals surface area contributed by atoms with Crippen LogP contribution in [0.4, 0.5) is 5.69 Å². The molecule has 112 valence electrons. The first-order chi connectivity index (χ1) is 9.71. The number of allylic oxidation sites excluding steroid dienone is 2. The average molecular weight is 311 g/mol. The lowest BCUT2D eigenvalue weighted by Crippen LogP contribution is -2.27. The molecule has 0 radical (unpaired) electrons. The van der Waals surface area contributed by atoms with Gasteiger partial charge < -0.3 is 4.18 Å². The molecule has 0 saturated carbocycles. The first-order valence-corrected chi connectivity index (χ1v) is 7.67. The molecular formula is C13H13NO6S. The molecule has 1 unspecified atom stereocenters. The Hall–Kier alpha value is -2.22. The number of carbonyl (C=O) groups excluding carboxylic acids is 1. The highest BCUT2D eigenvalue weighted by Gasteiger charge is 2.35. The van der Waals surface area contributed by atoms with Crippen LogP contribution in [0.15, 0.2) is 35.6 Å². The van der Waals surface area contributed by atoms with Crippen LogP contribution in [-0.2, 0) is 19.1 Å². The van der Waals surface area contributed by atoms with E-state index in [-0.39, 0.29) is 28.6 Å². The van der Waals surface area contributed by atoms with E-state index in [1.54, 1.807) is 0 Å². The number of Topliss-reactive ketones (excluding diaryl/α,β-unsaturated/α-hetero) is 1. The summed E-state index contributed by atoms with van der Waals surface area (Å²) < 4.78 is 28.2. The Kier molecular flexibility index (Phi) is 3.82. The van der Waals surface area contributed by atoms with E-state index in [1.165, 1.54) is 38.1 Å². The Balaban J connectivity index is 2.51. The quantitative estimate of drug-likeness (QED) is 0.480. The van der Waals surface area contributed by atoms with Crippen LogP contribution < -0.4 is 0 Å². The minimum atomic E-state index is -3.77. The summed E-state index contributed by atoms with van der Waals surface area (Å²) in [6, 6.07) is 5.48. The minimum Gasteiger partial charge on any atom is -0.387 e. The van der Waals surface area contributed by atoms with Gasteiger partial charge in [0.25, 0.3) is 5.69 Å². The van der Waals surface area contributed by atoms with Crippen LogP contribution in [0.1, 0.15) is 25.3 Å². The van der Waals surface area contributed by atoms with Crippen molar-refractivity contribution in [2.24, 2.45) is 0 Å². The molecule has 0 saturated heterocycles. The second-order valence-electron chi connectivity index (χ2n) is 4.73. The molecule has 1 aliphatic rings. The molecule has 21 heavy (non-hydrogen) atoms. The molecule has 1 aromatic rings. The molecule has 7 nitrogen and oxygen atoms in total. The normalized spacial score (nSPS) is 20.8. The van der Waals surface area contributed by atoms with Crippen LogP contribution in [0.2, 0.25) is 0 Å². The molecule has 8 heteroatoms. The van der Waals surface area contributed by atoms with E-state index >= 15 is 0 Å². The van der Waals surface area contributed by atoms with Crippen LogP contribution in [-0.4, -0.2) is 24.9 Å². The first-order valence-electron chi connectivity index (χ1n) is 6.09. The van der Waals surface area contributed by atoms with Gasteiger partial charge >= 0.3 is 10.1 Å². The summed E-state index contributed by atoms with van der Waals surface area (Å²) in [4.78, 5) is 21.8. The Bertz CT molecular complexity index is 732. The highest BCUT2D eigenvalue weighted by molar-refractivity contribution is 7.86. The Morgan fingerprint density at radius 1 is 1.33 bits per heavy atom. The minimum absolute atomic E-state index is 0.0529. The van der Waals surface area contributed by atoms with Crippen molar-refractivity contribution >= 4 is 21.6 Å². The maximum absolute atomic E-state index is 11.7. The van der Waals surface area contributed by atoms with E-state index in [0.717, 1.165) is 0 Å². The fraction of sp³-hybridized carbons (Fsp3) is 0.308. The Labute approximate surface area is 121 Å². The molecule has 0 fully saturated rings. The molecule has 1 aromatic carbocycles. The lowest BCUT2D eigenvalue weighted by atomic mass is 9.89. The van der Waals surface area contributed by atoms with Crippen molar-refractivity contribution in [3.05, 3.63) is 51.3 Å². The molecule has 0 aliphatic carbocycles. The van der Waals surface area contributed by atoms with Crippen LogP contribution in [0, 0.1) is 10.1 Å². The van der Waals surface area contributed by atoms with E-state index in [4.69, 9.17) is 4.18 Å². The number of non-ortho nitro benzene ring substituents is 1. The number of ketones is 1. The van der Waals surface area contributed by atoms with Gasteiger partial charge in [-0.15, -0.1) is 0 Å². The zero-order valence-electron chi connectivity index (χ0n) is 11.4. The molecule has 2 rings (SSSR count). The molecule has 0 N–H and O–H groups in total. The summed E-state index contributed by atoms with van der Waals surface area (Å²) in [5, 5.41) is 10.6. The predicted octanol–water partition coefficient (Wildman–Crippen LogP) is 1.90. The van der Waals surface area contributed by atoms with Gasteiger partial charge in [-0.2, -0.15) is 8.42 Å². The van der Waals surface area contributed by atoms with Crippen LogP contribution in [0.3, 0.4) is 0 Å². The Morgan fingerprint density at radius 3 is 2.38 bits per heavy atom. The van der Waals surface area contributed by atoms with E-state index in [2.05, 4.69) is 0 Å². The third kappa shape index (κ3) is 3.10. The van der Waals surface area contributed by atoms with Crippen molar-refractivity contribution in [3.63, 3.8) is 0 Å². The molecule has 0 spiro atoms. The van der Waals surface area contributed by atoms with Crippen molar-refractivity contribution in [1.29, 1.82) is 0 Å². The van der Waals surface area contributed by atoms with Gasteiger partial charge in [0, 0.05) is 23.6 Å². The topological polar surface area (TPSA) is 104 Å². The van der Waals surface area contributed by atoms with E-state index in [9.17, 15) is 23.3 Å². The number of nitrogens with zero attached hydrogens (tertiary/aromatic N) is 1. The lowest BCUT2D eigenvalue weighted by Gasteiger charge is -2.25. The van der Waals surface area contributed by atoms with Crippen LogP contribution in [0.5, 0.6) is 0 Å². The second-order valence-corrected chi connectivity index (χ2v) is 6.35. The second kappa shape index (κ2) is 5.28. The van der Waals surface area contributed by atoms with Gasteiger partial charge in [0.05, 0.1) is 10.7 Å². The zero-order chi connectivity index (χ0) is 15.8. The van der Waals surface area contributed by atoms with Gasteiger partial charge in [0.1, 0.15) is 5.76 Å². The van der Waals surface area contributed by atoms with Crippen molar-refractivity contribution in [3.8, 4) is 0 Å². The molecule has 0 aromatic heterocycles. The predicted molar refractivity (Wildman–Crippen MR) is 74.1 cm³/mol. The smallest absolute Gasteiger partial charge is 0.309 e. The number of nitro groups is 1. The largest absolute Gasteiger partial charge is 0.387 e. The molecule has 1 heterocycles. The van der Waals surface area contributed by atoms with Gasteiger partial charge in [0.15, 0.2) is 5.78 Å². The van der Waals surface area contributed by atoms with Crippen molar-refractivity contribution < 1.29 is 22.3 Å². The van der Waals surface area contributed by atoms with E-state index in [1.807, 2.05) is 0 Å². The molecular weight excluding hydrogens is 298 g/mol. The van der Waals surface area contributed by atoms with Gasteiger partial charge in [0.2, 0.25) is 0 Å². The summed E-state index contributed by atoms with van der Waals surface area (Å²) in [5.41, 5.74) is 0.703. The number of hydrogen-bond donors (Lipinski definition) is 0. The maximum atomic E-state index is 11.7. The third-order valence-corrected chi connectivity index (χ3v) is 4.48. The summed E-state index contributed by atoms with van der Waals surface area (Å²) in [7, 11) is -3.77. The van der Waals surface area contributed by atoms with Gasteiger partial charge in [-0.25, -0.2) is 0 Å². The average Bonchev–Trinajstić information content (AvgIpc) is 2.36. The van der Waals surface area contributed by atoms with Crippen molar-refractivity contribution in [2.45, 2.75) is 19.8 Å². The van der Waals surface area contributed by atoms with Gasteiger partial charge in [-0.3, -0.25) is 14.9 Å². The van der Waals surface area contributed by atoms with Crippen LogP contribution >= 0.6 is 0 Å². The number of benzene rings is 1. The SMILES string of the molecule is CC(=O)C1=C(C)OS(=O)(=O)CC1c1ccc([N+](=O)[O-])cc1. The third-order valence-electron chi connectivity index (χ3n) is 3.24. The lowest BCUT2D eigenvalue weighted by molar-refractivity contribution is -0.384. The number of carbonyl (C=O) groups is 1. The van der Waals surface area contributed by atoms with Crippen molar-refractivity contribution in [1.82, 2.24) is 0 Å². The molecule has 0 amide bonds. The van der Waals surface area contributed by atoms with E-state index in [0.29, 0.717) is 5.56 Å². The maximum Gasteiger partial charge on any atom is 0.309 e. The van der Waals surface area contributed by atoms with Gasteiger partial charge in [-0.1, -0.05) is 12.1 Å². The molecule has 1 aliphatic heterocycles. The zero-order valence-corrected chi connectivity index (χ0v) is 12.2. The number of nitro benzene ring substituents is 1. The highest BCUT2D eigenvalue weighted by Crippen LogP contribution is 2.35. The van der Waals surface area contributed by atoms with Crippen molar-refractivity contribution in [2.75, 3.05) is 5.75 Å². The number of hydrogen-bond acceptors (Lipinski definition) is 6. The highest BCUT2D eigenvalue weighted by atomic mass is 32.2. The molecule has 1 atom stereocenters. The monoisotopic (exact) mass is 311 g/mol. The molecule has 0 bridgehead atoms. The fourth-order valence-corrected chi connectivity index (χ4v) is 3.69. The van der Waals surface area contributed by atoms with E-state index < -0.39 is 21.0 Å². The Morgan fingerprint density at radius 2 is 1.90 bits per heavy atom. The summed E-state index contributed by atoms with van der Waals surface area (Å²) >= 11 is 0. The standard InChI is InChI=1S/C13H13NO6S/c1-8(15)13-9(2)20-21(18,19)7-12(13)10-3-5-11(6-4-10)14(16)17/h3-6,12H,7H2,1-2H3.